The lowest BCUT2D eigenvalue weighted by Gasteiger charge is -2.17. The standard InChI is InChI=1S/C16H19ClN2O2/c1-3-6-11(10-21-2)18-16(20)15-9-13(17)12-7-4-5-8-14(12)19-15/h4-5,7-9,11H,3,6,10H2,1-2H3,(H,18,20). The van der Waals surface area contributed by atoms with Gasteiger partial charge in [-0.05, 0) is 18.6 Å². The number of carbonyl (C=O) groups excluding carboxylic acids is 1. The first-order chi connectivity index (χ1) is 10.2. The van der Waals surface area contributed by atoms with Gasteiger partial charge in [-0.25, -0.2) is 4.98 Å². The fraction of sp³-hybridized carbons (Fsp3) is 0.375. The van der Waals surface area contributed by atoms with Crippen LogP contribution in [0.15, 0.2) is 30.3 Å². The maximum Gasteiger partial charge on any atom is 0.270 e. The quantitative estimate of drug-likeness (QED) is 0.889. The van der Waals surface area contributed by atoms with Gasteiger partial charge in [0.25, 0.3) is 5.91 Å². The monoisotopic (exact) mass is 306 g/mol. The Kier molecular flexibility index (Phi) is 5.53. The zero-order valence-corrected chi connectivity index (χ0v) is 13.0. The fourth-order valence-electron chi connectivity index (χ4n) is 2.26. The molecule has 1 amide bonds. The minimum Gasteiger partial charge on any atom is -0.383 e. The zero-order valence-electron chi connectivity index (χ0n) is 12.2. The highest BCUT2D eigenvalue weighted by Gasteiger charge is 2.15. The summed E-state index contributed by atoms with van der Waals surface area (Å²) < 4.78 is 5.13. The van der Waals surface area contributed by atoms with Crippen molar-refractivity contribution in [3.8, 4) is 0 Å². The summed E-state index contributed by atoms with van der Waals surface area (Å²) in [4.78, 5) is 16.7. The summed E-state index contributed by atoms with van der Waals surface area (Å²) in [7, 11) is 1.62. The Morgan fingerprint density at radius 2 is 2.19 bits per heavy atom. The molecular weight excluding hydrogens is 288 g/mol. The SMILES string of the molecule is CCCC(COC)NC(=O)c1cc(Cl)c2ccccc2n1. The van der Waals surface area contributed by atoms with Crippen LogP contribution >= 0.6 is 11.6 Å². The maximum atomic E-state index is 12.3. The van der Waals surface area contributed by atoms with Gasteiger partial charge in [0.05, 0.1) is 23.2 Å². The van der Waals surface area contributed by atoms with Crippen molar-refractivity contribution in [3.05, 3.63) is 41.0 Å². The number of para-hydroxylation sites is 1. The summed E-state index contributed by atoms with van der Waals surface area (Å²) in [5.74, 6) is -0.224. The molecule has 2 rings (SSSR count). The van der Waals surface area contributed by atoms with Crippen molar-refractivity contribution < 1.29 is 9.53 Å². The summed E-state index contributed by atoms with van der Waals surface area (Å²) in [5, 5.41) is 4.32. The van der Waals surface area contributed by atoms with E-state index in [1.807, 2.05) is 24.3 Å². The van der Waals surface area contributed by atoms with E-state index in [2.05, 4.69) is 17.2 Å². The predicted octanol–water partition coefficient (Wildman–Crippen LogP) is 3.43. The van der Waals surface area contributed by atoms with Gasteiger partial charge in [0.1, 0.15) is 5.69 Å². The highest BCUT2D eigenvalue weighted by molar-refractivity contribution is 6.35. The Morgan fingerprint density at radius 3 is 2.90 bits per heavy atom. The number of nitrogens with zero attached hydrogens (tertiary/aromatic N) is 1. The first-order valence-corrected chi connectivity index (χ1v) is 7.38. The van der Waals surface area contributed by atoms with Crippen LogP contribution in [-0.2, 0) is 4.74 Å². The van der Waals surface area contributed by atoms with Crippen molar-refractivity contribution in [1.82, 2.24) is 10.3 Å². The Labute approximate surface area is 129 Å². The molecule has 112 valence electrons. The van der Waals surface area contributed by atoms with Crippen LogP contribution in [0, 0.1) is 0 Å². The number of nitrogens with one attached hydrogen (secondary N) is 1. The molecule has 21 heavy (non-hydrogen) atoms. The lowest BCUT2D eigenvalue weighted by molar-refractivity contribution is 0.0887. The van der Waals surface area contributed by atoms with Crippen LogP contribution < -0.4 is 5.32 Å². The lowest BCUT2D eigenvalue weighted by atomic mass is 10.1. The van der Waals surface area contributed by atoms with Crippen LogP contribution in [0.25, 0.3) is 10.9 Å². The largest absolute Gasteiger partial charge is 0.383 e. The second-order valence-corrected chi connectivity index (χ2v) is 5.33. The third kappa shape index (κ3) is 3.93. The second kappa shape index (κ2) is 7.38. The van der Waals surface area contributed by atoms with Gasteiger partial charge in [0.15, 0.2) is 0 Å². The number of halogens is 1. The smallest absolute Gasteiger partial charge is 0.270 e. The molecule has 0 saturated heterocycles. The number of fused-ring (bicyclic) bond motifs is 1. The number of aromatic nitrogens is 1. The van der Waals surface area contributed by atoms with Crippen molar-refractivity contribution in [2.24, 2.45) is 0 Å². The van der Waals surface area contributed by atoms with E-state index in [0.29, 0.717) is 22.8 Å². The summed E-state index contributed by atoms with van der Waals surface area (Å²) in [6.07, 6.45) is 1.83. The molecule has 0 saturated carbocycles. The molecule has 0 aliphatic rings. The van der Waals surface area contributed by atoms with Gasteiger partial charge in [-0.15, -0.1) is 0 Å². The number of benzene rings is 1. The van der Waals surface area contributed by atoms with E-state index >= 15 is 0 Å². The summed E-state index contributed by atoms with van der Waals surface area (Å²) >= 11 is 6.22. The van der Waals surface area contributed by atoms with E-state index in [0.717, 1.165) is 18.2 Å². The first kappa shape index (κ1) is 15.7. The van der Waals surface area contributed by atoms with Gasteiger partial charge in [0.2, 0.25) is 0 Å². The molecule has 0 radical (unpaired) electrons. The van der Waals surface area contributed by atoms with Gasteiger partial charge in [-0.1, -0.05) is 43.1 Å². The van der Waals surface area contributed by atoms with Crippen LogP contribution in [-0.4, -0.2) is 30.6 Å². The van der Waals surface area contributed by atoms with Crippen molar-refractivity contribution in [2.75, 3.05) is 13.7 Å². The molecule has 2 aromatic rings. The molecule has 4 nitrogen and oxygen atoms in total. The molecule has 1 unspecified atom stereocenters. The van der Waals surface area contributed by atoms with E-state index < -0.39 is 0 Å². The Bertz CT molecular complexity index is 625. The summed E-state index contributed by atoms with van der Waals surface area (Å²) in [5.41, 5.74) is 1.05. The number of rotatable bonds is 6. The summed E-state index contributed by atoms with van der Waals surface area (Å²) in [6.45, 7) is 2.56. The summed E-state index contributed by atoms with van der Waals surface area (Å²) in [6, 6.07) is 9.09. The number of hydrogen-bond donors (Lipinski definition) is 1. The predicted molar refractivity (Wildman–Crippen MR) is 84.8 cm³/mol. The number of pyridine rings is 1. The van der Waals surface area contributed by atoms with E-state index in [-0.39, 0.29) is 11.9 Å². The average Bonchev–Trinajstić information content (AvgIpc) is 2.47. The van der Waals surface area contributed by atoms with Crippen molar-refractivity contribution in [2.45, 2.75) is 25.8 Å². The highest BCUT2D eigenvalue weighted by atomic mass is 35.5. The zero-order chi connectivity index (χ0) is 15.2. The van der Waals surface area contributed by atoms with Gasteiger partial charge in [0, 0.05) is 12.5 Å². The minimum atomic E-state index is -0.224. The van der Waals surface area contributed by atoms with E-state index in [4.69, 9.17) is 16.3 Å². The molecule has 0 aliphatic heterocycles. The fourth-order valence-corrected chi connectivity index (χ4v) is 2.52. The van der Waals surface area contributed by atoms with E-state index in [1.165, 1.54) is 0 Å². The molecule has 0 fully saturated rings. The Hall–Kier alpha value is -1.65. The second-order valence-electron chi connectivity index (χ2n) is 4.92. The molecular formula is C16H19ClN2O2. The Morgan fingerprint density at radius 1 is 1.43 bits per heavy atom. The molecule has 1 aromatic carbocycles. The topological polar surface area (TPSA) is 51.2 Å². The van der Waals surface area contributed by atoms with Crippen LogP contribution in [0.1, 0.15) is 30.3 Å². The molecule has 0 bridgehead atoms. The van der Waals surface area contributed by atoms with E-state index in [1.54, 1.807) is 13.2 Å². The molecule has 1 aromatic heterocycles. The maximum absolute atomic E-state index is 12.3. The Balaban J connectivity index is 2.22. The number of methoxy groups -OCH3 is 1. The van der Waals surface area contributed by atoms with Crippen molar-refractivity contribution in [1.29, 1.82) is 0 Å². The first-order valence-electron chi connectivity index (χ1n) is 7.00. The van der Waals surface area contributed by atoms with Crippen LogP contribution in [0.3, 0.4) is 0 Å². The van der Waals surface area contributed by atoms with Crippen molar-refractivity contribution in [3.63, 3.8) is 0 Å². The normalized spacial score (nSPS) is 12.3. The third-order valence-electron chi connectivity index (χ3n) is 3.24. The molecule has 0 spiro atoms. The lowest BCUT2D eigenvalue weighted by Crippen LogP contribution is -2.38. The third-order valence-corrected chi connectivity index (χ3v) is 3.55. The molecule has 1 N–H and O–H groups in total. The number of hydrogen-bond acceptors (Lipinski definition) is 3. The van der Waals surface area contributed by atoms with Crippen LogP contribution in [0.4, 0.5) is 0 Å². The minimum absolute atomic E-state index is 0.0143. The molecule has 5 heteroatoms. The molecule has 0 aliphatic carbocycles. The van der Waals surface area contributed by atoms with E-state index in [9.17, 15) is 4.79 Å². The molecule has 1 atom stereocenters. The average molecular weight is 307 g/mol. The van der Waals surface area contributed by atoms with Gasteiger partial charge in [-0.3, -0.25) is 4.79 Å². The number of carbonyl (C=O) groups is 1. The van der Waals surface area contributed by atoms with Gasteiger partial charge in [-0.2, -0.15) is 0 Å². The van der Waals surface area contributed by atoms with Crippen molar-refractivity contribution >= 4 is 28.4 Å². The molecule has 1 heterocycles. The van der Waals surface area contributed by atoms with Crippen LogP contribution in [0.2, 0.25) is 5.02 Å². The van der Waals surface area contributed by atoms with Gasteiger partial charge >= 0.3 is 0 Å². The number of amides is 1. The highest BCUT2D eigenvalue weighted by Crippen LogP contribution is 2.22. The van der Waals surface area contributed by atoms with Gasteiger partial charge < -0.3 is 10.1 Å². The number of ether oxygens (including phenoxy) is 1. The van der Waals surface area contributed by atoms with Crippen LogP contribution in [0.5, 0.6) is 0 Å².